The van der Waals surface area contributed by atoms with Gasteiger partial charge < -0.3 is 5.32 Å². The van der Waals surface area contributed by atoms with E-state index in [1.165, 1.54) is 11.8 Å². The molecule has 2 aromatic rings. The summed E-state index contributed by atoms with van der Waals surface area (Å²) in [4.78, 5) is 12.9. The van der Waals surface area contributed by atoms with Gasteiger partial charge in [0.2, 0.25) is 5.16 Å². The van der Waals surface area contributed by atoms with Crippen molar-refractivity contribution in [2.45, 2.75) is 24.8 Å². The van der Waals surface area contributed by atoms with Crippen LogP contribution in [0.4, 0.5) is 5.82 Å². The smallest absolute Gasteiger partial charge is 0.208 e. The normalized spacial score (nSPS) is 10.5. The van der Waals surface area contributed by atoms with E-state index < -0.39 is 0 Å². The van der Waals surface area contributed by atoms with E-state index in [0.29, 0.717) is 5.75 Å². The second kappa shape index (κ2) is 5.13. The van der Waals surface area contributed by atoms with Crippen LogP contribution in [0, 0.1) is 13.8 Å². The zero-order chi connectivity index (χ0) is 12.3. The highest BCUT2D eigenvalue weighted by molar-refractivity contribution is 7.98. The van der Waals surface area contributed by atoms with E-state index >= 15 is 0 Å². The number of aromatic amines is 1. The number of nitrogens with zero attached hydrogens (tertiary/aromatic N) is 4. The van der Waals surface area contributed by atoms with Crippen LogP contribution in [0.25, 0.3) is 0 Å². The molecule has 2 heterocycles. The highest BCUT2D eigenvalue weighted by Crippen LogP contribution is 2.17. The SMILES string of the molecule is CNc1cc(C)nc(CSc2n[nH]c(C)n2)n1. The minimum Gasteiger partial charge on any atom is -0.373 e. The predicted molar refractivity (Wildman–Crippen MR) is 67.0 cm³/mol. The Morgan fingerprint density at radius 3 is 2.76 bits per heavy atom. The highest BCUT2D eigenvalue weighted by atomic mass is 32.2. The van der Waals surface area contributed by atoms with Gasteiger partial charge in [0.1, 0.15) is 17.5 Å². The molecule has 2 N–H and O–H groups in total. The number of rotatable bonds is 4. The molecule has 0 saturated heterocycles. The van der Waals surface area contributed by atoms with Crippen molar-refractivity contribution >= 4 is 17.6 Å². The lowest BCUT2D eigenvalue weighted by Crippen LogP contribution is -2.00. The molecule has 0 bridgehead atoms. The Morgan fingerprint density at radius 2 is 2.12 bits per heavy atom. The molecule has 0 fully saturated rings. The summed E-state index contributed by atoms with van der Waals surface area (Å²) in [7, 11) is 1.84. The molecular weight excluding hydrogens is 236 g/mol. The summed E-state index contributed by atoms with van der Waals surface area (Å²) in [5, 5.41) is 10.6. The summed E-state index contributed by atoms with van der Waals surface area (Å²) in [6.07, 6.45) is 0. The molecular formula is C10H14N6S. The van der Waals surface area contributed by atoms with Crippen LogP contribution in [-0.4, -0.2) is 32.2 Å². The minimum absolute atomic E-state index is 0.660. The molecule has 0 aliphatic carbocycles. The number of aryl methyl sites for hydroxylation is 2. The summed E-state index contributed by atoms with van der Waals surface area (Å²) in [5.74, 6) is 3.09. The molecule has 0 saturated carbocycles. The van der Waals surface area contributed by atoms with Gasteiger partial charge in [-0.05, 0) is 13.8 Å². The van der Waals surface area contributed by atoms with Crippen LogP contribution in [-0.2, 0) is 5.75 Å². The Balaban J connectivity index is 2.05. The fraction of sp³-hybridized carbons (Fsp3) is 0.400. The van der Waals surface area contributed by atoms with Gasteiger partial charge in [-0.15, -0.1) is 5.10 Å². The maximum Gasteiger partial charge on any atom is 0.208 e. The first kappa shape index (κ1) is 11.8. The summed E-state index contributed by atoms with van der Waals surface area (Å²) in [6.45, 7) is 3.83. The van der Waals surface area contributed by atoms with Crippen molar-refractivity contribution in [1.29, 1.82) is 0 Å². The number of thioether (sulfide) groups is 1. The van der Waals surface area contributed by atoms with Crippen LogP contribution in [0.2, 0.25) is 0 Å². The van der Waals surface area contributed by atoms with E-state index in [-0.39, 0.29) is 0 Å². The van der Waals surface area contributed by atoms with Crippen LogP contribution in [0.5, 0.6) is 0 Å². The van der Waals surface area contributed by atoms with Crippen molar-refractivity contribution in [1.82, 2.24) is 25.1 Å². The molecule has 0 aliphatic rings. The van der Waals surface area contributed by atoms with Crippen molar-refractivity contribution in [2.75, 3.05) is 12.4 Å². The molecule has 0 amide bonds. The fourth-order valence-electron chi connectivity index (χ4n) is 1.34. The van der Waals surface area contributed by atoms with Crippen LogP contribution >= 0.6 is 11.8 Å². The number of anilines is 1. The quantitative estimate of drug-likeness (QED) is 0.801. The average molecular weight is 250 g/mol. The van der Waals surface area contributed by atoms with Gasteiger partial charge in [0.25, 0.3) is 0 Å². The molecule has 0 aromatic carbocycles. The van der Waals surface area contributed by atoms with Crippen LogP contribution in [0.3, 0.4) is 0 Å². The average Bonchev–Trinajstić information content (AvgIpc) is 2.72. The molecule has 17 heavy (non-hydrogen) atoms. The number of H-pyrrole nitrogens is 1. The molecule has 0 radical (unpaired) electrons. The molecule has 0 unspecified atom stereocenters. The van der Waals surface area contributed by atoms with Gasteiger partial charge in [0.15, 0.2) is 0 Å². The van der Waals surface area contributed by atoms with E-state index in [1.807, 2.05) is 27.0 Å². The lowest BCUT2D eigenvalue weighted by molar-refractivity contribution is 0.957. The number of aromatic nitrogens is 5. The maximum atomic E-state index is 4.37. The van der Waals surface area contributed by atoms with Crippen LogP contribution < -0.4 is 5.32 Å². The third kappa shape index (κ3) is 3.16. The first-order chi connectivity index (χ1) is 8.17. The van der Waals surface area contributed by atoms with E-state index in [4.69, 9.17) is 0 Å². The van der Waals surface area contributed by atoms with Gasteiger partial charge in [-0.2, -0.15) is 0 Å². The van der Waals surface area contributed by atoms with Gasteiger partial charge >= 0.3 is 0 Å². The van der Waals surface area contributed by atoms with Crippen molar-refractivity contribution in [3.8, 4) is 0 Å². The van der Waals surface area contributed by atoms with Gasteiger partial charge in [-0.3, -0.25) is 5.10 Å². The monoisotopic (exact) mass is 250 g/mol. The standard InChI is InChI=1S/C10H14N6S/c1-6-4-8(11-3)14-9(12-6)5-17-10-13-7(2)15-16-10/h4H,5H2,1-3H3,(H,11,12,14)(H,13,15,16). The first-order valence-electron chi connectivity index (χ1n) is 5.21. The number of nitrogens with one attached hydrogen (secondary N) is 2. The van der Waals surface area contributed by atoms with E-state index in [9.17, 15) is 0 Å². The van der Waals surface area contributed by atoms with Crippen molar-refractivity contribution < 1.29 is 0 Å². The lowest BCUT2D eigenvalue weighted by atomic mass is 10.4. The highest BCUT2D eigenvalue weighted by Gasteiger charge is 2.05. The summed E-state index contributed by atoms with van der Waals surface area (Å²) < 4.78 is 0. The number of hydrogen-bond donors (Lipinski definition) is 2. The van der Waals surface area contributed by atoms with Gasteiger partial charge in [0, 0.05) is 18.8 Å². The van der Waals surface area contributed by atoms with E-state index in [1.54, 1.807) is 0 Å². The Morgan fingerprint density at radius 1 is 1.29 bits per heavy atom. The molecule has 6 nitrogen and oxygen atoms in total. The maximum absolute atomic E-state index is 4.37. The molecule has 0 spiro atoms. The Hall–Kier alpha value is -1.63. The zero-order valence-electron chi connectivity index (χ0n) is 9.98. The molecule has 7 heteroatoms. The molecule has 0 aliphatic heterocycles. The van der Waals surface area contributed by atoms with E-state index in [2.05, 4.69) is 30.5 Å². The number of hydrogen-bond acceptors (Lipinski definition) is 6. The fourth-order valence-corrected chi connectivity index (χ4v) is 2.04. The summed E-state index contributed by atoms with van der Waals surface area (Å²) in [6, 6.07) is 1.91. The van der Waals surface area contributed by atoms with Crippen LogP contribution in [0.1, 0.15) is 17.3 Å². The topological polar surface area (TPSA) is 79.4 Å². The third-order valence-corrected chi connectivity index (χ3v) is 2.91. The Kier molecular flexibility index (Phi) is 3.58. The largest absolute Gasteiger partial charge is 0.373 e. The second-order valence-corrected chi connectivity index (χ2v) is 4.50. The zero-order valence-corrected chi connectivity index (χ0v) is 10.8. The third-order valence-electron chi connectivity index (χ3n) is 2.06. The molecule has 90 valence electrons. The van der Waals surface area contributed by atoms with Crippen LogP contribution in [0.15, 0.2) is 11.2 Å². The van der Waals surface area contributed by atoms with E-state index in [0.717, 1.165) is 28.3 Å². The lowest BCUT2D eigenvalue weighted by Gasteiger charge is -2.03. The summed E-state index contributed by atoms with van der Waals surface area (Å²) in [5.41, 5.74) is 0.950. The first-order valence-corrected chi connectivity index (χ1v) is 6.20. The van der Waals surface area contributed by atoms with Crippen molar-refractivity contribution in [2.24, 2.45) is 0 Å². The van der Waals surface area contributed by atoms with Gasteiger partial charge in [0.05, 0.1) is 5.75 Å². The van der Waals surface area contributed by atoms with Gasteiger partial charge in [-0.25, -0.2) is 15.0 Å². The summed E-state index contributed by atoms with van der Waals surface area (Å²) >= 11 is 1.52. The molecule has 0 atom stereocenters. The van der Waals surface area contributed by atoms with Gasteiger partial charge in [-0.1, -0.05) is 11.8 Å². The molecule has 2 aromatic heterocycles. The predicted octanol–water partition coefficient (Wildman–Crippen LogP) is 1.55. The Labute approximate surface area is 104 Å². The van der Waals surface area contributed by atoms with Crippen molar-refractivity contribution in [3.63, 3.8) is 0 Å². The van der Waals surface area contributed by atoms with Crippen molar-refractivity contribution in [3.05, 3.63) is 23.4 Å². The minimum atomic E-state index is 0.660. The second-order valence-electron chi connectivity index (χ2n) is 3.55. The molecule has 2 rings (SSSR count). The Bertz CT molecular complexity index is 509.